The zero-order chi connectivity index (χ0) is 22.7. The molecule has 1 heterocycles. The molecule has 1 atom stereocenters. The topological polar surface area (TPSA) is 131 Å². The van der Waals surface area contributed by atoms with Crippen LogP contribution in [0.5, 0.6) is 0 Å². The van der Waals surface area contributed by atoms with Gasteiger partial charge in [0.1, 0.15) is 6.10 Å². The van der Waals surface area contributed by atoms with Gasteiger partial charge in [0.15, 0.2) is 21.4 Å². The molecule has 0 aliphatic heterocycles. The van der Waals surface area contributed by atoms with Gasteiger partial charge in [0.25, 0.3) is 5.91 Å². The van der Waals surface area contributed by atoms with Crippen LogP contribution in [0.25, 0.3) is 0 Å². The molecular formula is C22H26N4O5S. The first-order chi connectivity index (χ1) is 15.3. The Morgan fingerprint density at radius 1 is 1.12 bits per heavy atom. The minimum absolute atomic E-state index is 0.0219. The molecule has 1 amide bonds. The van der Waals surface area contributed by atoms with E-state index in [0.29, 0.717) is 24.1 Å². The van der Waals surface area contributed by atoms with E-state index in [1.807, 2.05) is 0 Å². The Balaban J connectivity index is 1.56. The van der Waals surface area contributed by atoms with Crippen LogP contribution in [-0.2, 0) is 19.5 Å². The van der Waals surface area contributed by atoms with Crippen molar-refractivity contribution in [3.8, 4) is 0 Å². The van der Waals surface area contributed by atoms with Crippen molar-refractivity contribution < 1.29 is 23.2 Å². The first-order valence-electron chi connectivity index (χ1n) is 10.7. The van der Waals surface area contributed by atoms with Gasteiger partial charge in [-0.3, -0.25) is 9.78 Å². The Hall–Kier alpha value is -2.85. The van der Waals surface area contributed by atoms with Crippen molar-refractivity contribution in [3.63, 3.8) is 0 Å². The number of carbonyl (C=O) groups is 1. The molecule has 1 unspecified atom stereocenters. The number of carbonyl (C=O) groups excluding carboxylic acids is 1. The third-order valence-corrected chi connectivity index (χ3v) is 7.85. The number of aliphatic hydroxyl groups excluding tert-OH is 1. The van der Waals surface area contributed by atoms with Crippen molar-refractivity contribution in [1.82, 2.24) is 9.97 Å². The molecule has 10 heteroatoms. The van der Waals surface area contributed by atoms with Gasteiger partial charge in [-0.25, -0.2) is 13.4 Å². The van der Waals surface area contributed by atoms with Crippen LogP contribution in [0.1, 0.15) is 62.8 Å². The lowest BCUT2D eigenvalue weighted by molar-refractivity contribution is -0.110. The van der Waals surface area contributed by atoms with Crippen LogP contribution in [-0.4, -0.2) is 46.5 Å². The number of amides is 1. The van der Waals surface area contributed by atoms with Crippen molar-refractivity contribution in [1.29, 1.82) is 0 Å². The fourth-order valence-electron chi connectivity index (χ4n) is 3.51. The van der Waals surface area contributed by atoms with Crippen molar-refractivity contribution in [2.24, 2.45) is 5.16 Å². The van der Waals surface area contributed by atoms with Gasteiger partial charge in [-0.1, -0.05) is 17.3 Å². The summed E-state index contributed by atoms with van der Waals surface area (Å²) in [5.41, 5.74) is 0.839. The fourth-order valence-corrected chi connectivity index (χ4v) is 5.17. The molecule has 2 fully saturated rings. The van der Waals surface area contributed by atoms with E-state index in [9.17, 15) is 18.3 Å². The molecule has 4 rings (SSSR count). The number of hydrogen-bond donors (Lipinski definition) is 2. The molecule has 2 aromatic rings. The minimum Gasteiger partial charge on any atom is -0.392 e. The molecule has 0 spiro atoms. The average molecular weight is 459 g/mol. The zero-order valence-corrected chi connectivity index (χ0v) is 18.6. The van der Waals surface area contributed by atoms with E-state index in [-0.39, 0.29) is 27.8 Å². The molecule has 0 bridgehead atoms. The monoisotopic (exact) mass is 458 g/mol. The van der Waals surface area contributed by atoms with Gasteiger partial charge in [0.05, 0.1) is 34.3 Å². The number of aromatic nitrogens is 2. The van der Waals surface area contributed by atoms with Gasteiger partial charge in [0, 0.05) is 5.56 Å². The first-order valence-corrected chi connectivity index (χ1v) is 12.3. The molecule has 2 aliphatic carbocycles. The van der Waals surface area contributed by atoms with E-state index in [2.05, 4.69) is 20.4 Å². The molecule has 2 saturated carbocycles. The molecule has 0 saturated heterocycles. The van der Waals surface area contributed by atoms with Gasteiger partial charge in [-0.2, -0.15) is 0 Å². The summed E-state index contributed by atoms with van der Waals surface area (Å²) in [6, 6.07) is 6.12. The molecule has 2 aliphatic rings. The van der Waals surface area contributed by atoms with Crippen molar-refractivity contribution in [2.75, 3.05) is 5.32 Å². The molecule has 32 heavy (non-hydrogen) atoms. The summed E-state index contributed by atoms with van der Waals surface area (Å²) >= 11 is 0. The highest BCUT2D eigenvalue weighted by atomic mass is 32.2. The average Bonchev–Trinajstić information content (AvgIpc) is 3.52. The summed E-state index contributed by atoms with van der Waals surface area (Å²) in [5, 5.41) is 16.0. The summed E-state index contributed by atoms with van der Waals surface area (Å²) < 4.78 is 24.9. The molecule has 170 valence electrons. The van der Waals surface area contributed by atoms with Gasteiger partial charge < -0.3 is 15.3 Å². The number of sulfone groups is 1. The summed E-state index contributed by atoms with van der Waals surface area (Å²) in [7, 11) is -3.32. The van der Waals surface area contributed by atoms with E-state index >= 15 is 0 Å². The van der Waals surface area contributed by atoms with Gasteiger partial charge >= 0.3 is 0 Å². The predicted molar refractivity (Wildman–Crippen MR) is 118 cm³/mol. The summed E-state index contributed by atoms with van der Waals surface area (Å²) in [6.45, 7) is 1.57. The van der Waals surface area contributed by atoms with Crippen LogP contribution >= 0.6 is 0 Å². The maximum atomic E-state index is 13.0. The number of rotatable bonds is 8. The van der Waals surface area contributed by atoms with E-state index in [0.717, 1.165) is 25.7 Å². The van der Waals surface area contributed by atoms with Crippen molar-refractivity contribution in [3.05, 3.63) is 47.9 Å². The van der Waals surface area contributed by atoms with Gasteiger partial charge in [0.2, 0.25) is 0 Å². The first kappa shape index (κ1) is 22.3. The Morgan fingerprint density at radius 2 is 1.81 bits per heavy atom. The van der Waals surface area contributed by atoms with Crippen molar-refractivity contribution in [2.45, 2.75) is 67.8 Å². The number of hydrogen-bond acceptors (Lipinski definition) is 8. The van der Waals surface area contributed by atoms with Crippen LogP contribution in [0.15, 0.2) is 46.7 Å². The van der Waals surface area contributed by atoms with E-state index in [1.165, 1.54) is 24.5 Å². The van der Waals surface area contributed by atoms with Gasteiger partial charge in [-0.05, 0) is 57.6 Å². The van der Waals surface area contributed by atoms with Gasteiger partial charge in [-0.15, -0.1) is 0 Å². The zero-order valence-electron chi connectivity index (χ0n) is 17.8. The quantitative estimate of drug-likeness (QED) is 0.459. The summed E-state index contributed by atoms with van der Waals surface area (Å²) in [4.78, 5) is 27.0. The summed E-state index contributed by atoms with van der Waals surface area (Å²) in [5.74, 6) is -0.360. The number of anilines is 1. The van der Waals surface area contributed by atoms with E-state index < -0.39 is 21.8 Å². The number of nitrogens with zero attached hydrogens (tertiary/aromatic N) is 3. The van der Waals surface area contributed by atoms with Crippen LogP contribution in [0.4, 0.5) is 5.82 Å². The number of nitrogens with one attached hydrogen (secondary N) is 1. The maximum Gasteiger partial charge on any atom is 0.279 e. The number of aliphatic hydroxyl groups is 1. The minimum atomic E-state index is -3.32. The van der Waals surface area contributed by atoms with E-state index in [1.54, 1.807) is 19.1 Å². The normalized spacial score (nSPS) is 18.4. The highest BCUT2D eigenvalue weighted by Crippen LogP contribution is 2.33. The number of oxime groups is 1. The second kappa shape index (κ2) is 9.33. The molecule has 9 nitrogen and oxygen atoms in total. The third kappa shape index (κ3) is 5.13. The second-order valence-corrected chi connectivity index (χ2v) is 10.4. The Labute approximate surface area is 186 Å². The van der Waals surface area contributed by atoms with Crippen LogP contribution in [0.3, 0.4) is 0 Å². The Kier molecular flexibility index (Phi) is 6.52. The standard InChI is InChI=1S/C22H26N4O5S/c1-14(27)19-12-24-20(13-23-19)25-22(28)21(26-31-16-4-2-3-5-16)15-6-8-17(9-7-15)32(29,30)18-10-11-18/h6-9,12-14,16,18,27H,2-5,10-11H2,1H3,(H,24,25,28). The molecule has 2 N–H and O–H groups in total. The Morgan fingerprint density at radius 3 is 2.38 bits per heavy atom. The van der Waals surface area contributed by atoms with Crippen LogP contribution in [0.2, 0.25) is 0 Å². The lowest BCUT2D eigenvalue weighted by Gasteiger charge is -2.12. The largest absolute Gasteiger partial charge is 0.392 e. The number of benzene rings is 1. The maximum absolute atomic E-state index is 13.0. The SMILES string of the molecule is CC(O)c1cnc(NC(=O)C(=NOC2CCCC2)c2ccc(S(=O)(=O)C3CC3)cc2)cn1. The summed E-state index contributed by atoms with van der Waals surface area (Å²) in [6.07, 6.45) is 7.15. The highest BCUT2D eigenvalue weighted by Gasteiger charge is 2.36. The molecule has 1 aromatic carbocycles. The highest BCUT2D eigenvalue weighted by molar-refractivity contribution is 7.92. The van der Waals surface area contributed by atoms with Crippen LogP contribution in [0, 0.1) is 0 Å². The Bertz CT molecular complexity index is 1090. The lowest BCUT2D eigenvalue weighted by atomic mass is 10.1. The lowest BCUT2D eigenvalue weighted by Crippen LogP contribution is -2.25. The third-order valence-electron chi connectivity index (χ3n) is 5.57. The van der Waals surface area contributed by atoms with E-state index in [4.69, 9.17) is 4.84 Å². The second-order valence-electron chi connectivity index (χ2n) is 8.18. The predicted octanol–water partition coefficient (Wildman–Crippen LogP) is 2.77. The molecular weight excluding hydrogens is 432 g/mol. The molecule has 0 radical (unpaired) electrons. The van der Waals surface area contributed by atoms with Crippen molar-refractivity contribution >= 4 is 27.3 Å². The fraction of sp³-hybridized carbons (Fsp3) is 0.455. The molecule has 1 aromatic heterocycles. The smallest absolute Gasteiger partial charge is 0.279 e. The van der Waals surface area contributed by atoms with Crippen LogP contribution < -0.4 is 5.32 Å².